The Morgan fingerprint density at radius 1 is 1.11 bits per heavy atom. The van der Waals surface area contributed by atoms with Crippen molar-refractivity contribution in [2.75, 3.05) is 16.3 Å². The second kappa shape index (κ2) is 6.37. The van der Waals surface area contributed by atoms with Crippen molar-refractivity contribution in [3.63, 3.8) is 0 Å². The molecule has 0 bridgehead atoms. The molecule has 2 aliphatic rings. The first-order valence-electron chi connectivity index (χ1n) is 9.30. The molecule has 1 aliphatic carbocycles. The summed E-state index contributed by atoms with van der Waals surface area (Å²) in [7, 11) is -2.09. The van der Waals surface area contributed by atoms with E-state index in [0.29, 0.717) is 12.1 Å². The number of nitrogens with zero attached hydrogens (tertiary/aromatic N) is 2. The Labute approximate surface area is 160 Å². The molecule has 27 heavy (non-hydrogen) atoms. The van der Waals surface area contributed by atoms with Gasteiger partial charge in [-0.2, -0.15) is 0 Å². The fraction of sp³-hybridized carbons (Fsp3) is 0.381. The summed E-state index contributed by atoms with van der Waals surface area (Å²) in [4.78, 5) is 14.7. The van der Waals surface area contributed by atoms with Gasteiger partial charge in [0.2, 0.25) is 5.91 Å². The van der Waals surface area contributed by atoms with E-state index in [0.717, 1.165) is 29.7 Å². The molecule has 1 saturated carbocycles. The molecule has 0 saturated heterocycles. The van der Waals surface area contributed by atoms with Crippen molar-refractivity contribution in [1.82, 2.24) is 0 Å². The molecule has 1 atom stereocenters. The van der Waals surface area contributed by atoms with Gasteiger partial charge in [0.25, 0.3) is 10.0 Å². The van der Waals surface area contributed by atoms with Crippen molar-refractivity contribution in [2.24, 2.45) is 5.92 Å². The number of hydrogen-bond donors (Lipinski definition) is 0. The Morgan fingerprint density at radius 3 is 2.41 bits per heavy atom. The molecule has 0 spiro atoms. The lowest BCUT2D eigenvalue weighted by Gasteiger charge is -2.23. The Kier molecular flexibility index (Phi) is 4.26. The van der Waals surface area contributed by atoms with Gasteiger partial charge >= 0.3 is 0 Å². The summed E-state index contributed by atoms with van der Waals surface area (Å²) in [5, 5.41) is 0. The number of carbonyl (C=O) groups excluding carboxylic acids is 1. The van der Waals surface area contributed by atoms with Crippen molar-refractivity contribution in [3.8, 4) is 0 Å². The third kappa shape index (κ3) is 3.12. The Morgan fingerprint density at radius 2 is 1.78 bits per heavy atom. The highest BCUT2D eigenvalue weighted by molar-refractivity contribution is 7.92. The normalized spacial score (nSPS) is 19.1. The summed E-state index contributed by atoms with van der Waals surface area (Å²) < 4.78 is 27.5. The minimum atomic E-state index is -3.66. The van der Waals surface area contributed by atoms with Gasteiger partial charge in [0.15, 0.2) is 0 Å². The highest BCUT2D eigenvalue weighted by Gasteiger charge is 2.40. The van der Waals surface area contributed by atoms with Gasteiger partial charge < -0.3 is 4.90 Å². The number of anilines is 2. The van der Waals surface area contributed by atoms with Crippen LogP contribution in [0.3, 0.4) is 0 Å². The summed E-state index contributed by atoms with van der Waals surface area (Å²) in [6, 6.07) is 12.6. The maximum atomic E-state index is 13.1. The van der Waals surface area contributed by atoms with Gasteiger partial charge in [-0.3, -0.25) is 9.10 Å². The largest absolute Gasteiger partial charge is 0.309 e. The lowest BCUT2D eigenvalue weighted by molar-refractivity contribution is -0.120. The molecular formula is C21H24N2O3S. The number of carbonyl (C=O) groups is 1. The smallest absolute Gasteiger partial charge is 0.264 e. The lowest BCUT2D eigenvalue weighted by atomic mass is 10.1. The molecule has 0 aromatic heterocycles. The van der Waals surface area contributed by atoms with Crippen molar-refractivity contribution in [3.05, 3.63) is 53.6 Å². The molecule has 6 heteroatoms. The van der Waals surface area contributed by atoms with Gasteiger partial charge in [-0.05, 0) is 69.0 Å². The van der Waals surface area contributed by atoms with Crippen LogP contribution < -0.4 is 9.21 Å². The average Bonchev–Trinajstić information content (AvgIpc) is 3.43. The second-order valence-electron chi connectivity index (χ2n) is 7.63. The maximum absolute atomic E-state index is 13.1. The van der Waals surface area contributed by atoms with Crippen LogP contribution in [0.1, 0.15) is 30.9 Å². The molecule has 1 aliphatic heterocycles. The van der Waals surface area contributed by atoms with Gasteiger partial charge in [0, 0.05) is 24.7 Å². The molecule has 2 aromatic carbocycles. The summed E-state index contributed by atoms with van der Waals surface area (Å²) in [6.07, 6.45) is 2.61. The lowest BCUT2D eigenvalue weighted by Crippen LogP contribution is -2.36. The van der Waals surface area contributed by atoms with Crippen LogP contribution in [0.15, 0.2) is 47.4 Å². The van der Waals surface area contributed by atoms with E-state index in [4.69, 9.17) is 0 Å². The molecule has 4 rings (SSSR count). The van der Waals surface area contributed by atoms with E-state index in [9.17, 15) is 13.2 Å². The molecule has 1 amide bonds. The molecule has 0 N–H and O–H groups in total. The van der Waals surface area contributed by atoms with E-state index in [1.807, 2.05) is 30.9 Å². The minimum Gasteiger partial charge on any atom is -0.309 e. The topological polar surface area (TPSA) is 57.7 Å². The quantitative estimate of drug-likeness (QED) is 0.811. The van der Waals surface area contributed by atoms with Crippen LogP contribution in [-0.4, -0.2) is 27.4 Å². The number of rotatable bonds is 4. The molecule has 1 heterocycles. The van der Waals surface area contributed by atoms with E-state index < -0.39 is 10.0 Å². The summed E-state index contributed by atoms with van der Waals surface area (Å²) in [5.74, 6) is 0.322. The van der Waals surface area contributed by atoms with E-state index in [1.54, 1.807) is 37.4 Å². The number of sulfonamides is 1. The third-order valence-corrected chi connectivity index (χ3v) is 7.27. The molecule has 0 unspecified atom stereocenters. The van der Waals surface area contributed by atoms with Crippen LogP contribution in [0.2, 0.25) is 0 Å². The first kappa shape index (κ1) is 18.0. The van der Waals surface area contributed by atoms with Crippen LogP contribution >= 0.6 is 0 Å². The van der Waals surface area contributed by atoms with Gasteiger partial charge in [-0.15, -0.1) is 0 Å². The zero-order chi connectivity index (χ0) is 19.3. The van der Waals surface area contributed by atoms with Gasteiger partial charge in [-0.1, -0.05) is 17.7 Å². The SMILES string of the molecule is Cc1ccc(N(C)S(=O)(=O)c2ccc3c(c2)C[C@@H](C)N3C(=O)C2CC2)cc1. The number of hydrogen-bond acceptors (Lipinski definition) is 3. The predicted molar refractivity (Wildman–Crippen MR) is 107 cm³/mol. The first-order chi connectivity index (χ1) is 12.8. The Hall–Kier alpha value is -2.34. The van der Waals surface area contributed by atoms with Gasteiger partial charge in [0.1, 0.15) is 0 Å². The summed E-state index contributed by atoms with van der Waals surface area (Å²) in [5.41, 5.74) is 3.49. The van der Waals surface area contributed by atoms with Crippen LogP contribution in [-0.2, 0) is 21.2 Å². The van der Waals surface area contributed by atoms with E-state index >= 15 is 0 Å². The fourth-order valence-electron chi connectivity index (χ4n) is 3.68. The first-order valence-corrected chi connectivity index (χ1v) is 10.7. The zero-order valence-corrected chi connectivity index (χ0v) is 16.7. The summed E-state index contributed by atoms with van der Waals surface area (Å²) >= 11 is 0. The van der Waals surface area contributed by atoms with Gasteiger partial charge in [0.05, 0.1) is 10.6 Å². The molecular weight excluding hydrogens is 360 g/mol. The summed E-state index contributed by atoms with van der Waals surface area (Å²) in [6.45, 7) is 3.99. The van der Waals surface area contributed by atoms with E-state index in [2.05, 4.69) is 0 Å². The van der Waals surface area contributed by atoms with E-state index in [1.165, 1.54) is 4.31 Å². The molecule has 142 valence electrons. The maximum Gasteiger partial charge on any atom is 0.264 e. The highest BCUT2D eigenvalue weighted by atomic mass is 32.2. The number of aryl methyl sites for hydroxylation is 1. The Bertz CT molecular complexity index is 995. The van der Waals surface area contributed by atoms with Crippen molar-refractivity contribution >= 4 is 27.3 Å². The van der Waals surface area contributed by atoms with Crippen LogP contribution in [0.4, 0.5) is 11.4 Å². The molecule has 1 fully saturated rings. The van der Waals surface area contributed by atoms with Crippen LogP contribution in [0.5, 0.6) is 0 Å². The van der Waals surface area contributed by atoms with Crippen molar-refractivity contribution < 1.29 is 13.2 Å². The molecule has 2 aromatic rings. The predicted octanol–water partition coefficient (Wildman–Crippen LogP) is 3.51. The third-order valence-electron chi connectivity index (χ3n) is 5.49. The zero-order valence-electron chi connectivity index (χ0n) is 15.8. The van der Waals surface area contributed by atoms with Gasteiger partial charge in [-0.25, -0.2) is 8.42 Å². The standard InChI is InChI=1S/C21H24N2O3S/c1-14-4-8-18(9-5-14)22(3)27(25,26)19-10-11-20-17(13-19)12-15(2)23(20)21(24)16-6-7-16/h4-5,8-11,13,15-16H,6-7,12H2,1-3H3/t15-/m1/s1. The second-order valence-corrected chi connectivity index (χ2v) is 9.60. The van der Waals surface area contributed by atoms with E-state index in [-0.39, 0.29) is 22.8 Å². The minimum absolute atomic E-state index is 0.0703. The number of amides is 1. The van der Waals surface area contributed by atoms with Crippen molar-refractivity contribution in [1.29, 1.82) is 0 Å². The highest BCUT2D eigenvalue weighted by Crippen LogP contribution is 2.40. The number of fused-ring (bicyclic) bond motifs is 1. The van der Waals surface area contributed by atoms with Crippen molar-refractivity contribution in [2.45, 2.75) is 44.0 Å². The van der Waals surface area contributed by atoms with Crippen LogP contribution in [0, 0.1) is 12.8 Å². The molecule has 0 radical (unpaired) electrons. The number of benzene rings is 2. The molecule has 5 nitrogen and oxygen atoms in total. The fourth-order valence-corrected chi connectivity index (χ4v) is 4.93. The monoisotopic (exact) mass is 384 g/mol. The Balaban J connectivity index is 1.66. The van der Waals surface area contributed by atoms with Crippen LogP contribution in [0.25, 0.3) is 0 Å². The average molecular weight is 385 g/mol.